The molecule has 0 radical (unpaired) electrons. The zero-order valence-electron chi connectivity index (χ0n) is 12.3. The number of hydrogen-bond donors (Lipinski definition) is 3. The highest BCUT2D eigenvalue weighted by atomic mass is 16.4. The summed E-state index contributed by atoms with van der Waals surface area (Å²) in [7, 11) is 0. The molecule has 3 N–H and O–H groups in total. The average molecular weight is 270 g/mol. The third-order valence-corrected chi connectivity index (χ3v) is 3.61. The Labute approximate surface area is 115 Å². The summed E-state index contributed by atoms with van der Waals surface area (Å²) in [6.07, 6.45) is 3.44. The van der Waals surface area contributed by atoms with Crippen LogP contribution in [-0.2, 0) is 4.79 Å². The average Bonchev–Trinajstić information content (AvgIpc) is 2.56. The van der Waals surface area contributed by atoms with Gasteiger partial charge in [0.05, 0.1) is 0 Å². The first-order chi connectivity index (χ1) is 8.69. The summed E-state index contributed by atoms with van der Waals surface area (Å²) in [5, 5.41) is 14.5. The number of rotatable bonds is 5. The molecular formula is C14H26N2O3. The summed E-state index contributed by atoms with van der Waals surface area (Å²) in [4.78, 5) is 22.9. The molecule has 5 nitrogen and oxygen atoms in total. The molecule has 1 rings (SSSR count). The number of carbonyl (C=O) groups excluding carboxylic acids is 1. The van der Waals surface area contributed by atoms with E-state index in [9.17, 15) is 9.59 Å². The van der Waals surface area contributed by atoms with Crippen molar-refractivity contribution >= 4 is 12.0 Å². The Morgan fingerprint density at radius 3 is 2.42 bits per heavy atom. The van der Waals surface area contributed by atoms with Gasteiger partial charge >= 0.3 is 12.0 Å². The molecule has 1 aliphatic rings. The van der Waals surface area contributed by atoms with Crippen molar-refractivity contribution in [3.05, 3.63) is 0 Å². The monoisotopic (exact) mass is 270 g/mol. The van der Waals surface area contributed by atoms with Gasteiger partial charge in [-0.3, -0.25) is 0 Å². The van der Waals surface area contributed by atoms with E-state index in [0.717, 1.165) is 19.3 Å². The fourth-order valence-electron chi connectivity index (χ4n) is 2.64. The summed E-state index contributed by atoms with van der Waals surface area (Å²) in [6.45, 7) is 8.25. The van der Waals surface area contributed by atoms with Crippen LogP contribution in [0.4, 0.5) is 4.79 Å². The number of carboxylic acid groups (broad SMARTS) is 1. The van der Waals surface area contributed by atoms with Crippen LogP contribution in [0.25, 0.3) is 0 Å². The standard InChI is InChI=1S/C14H26N2O3/c1-9(2)7-11(12(17)18)16-13(19)15-10-5-6-14(3,4)8-10/h9-11H,5-8H2,1-4H3,(H,17,18)(H2,15,16,19)/t10?,11-/m0/s1. The van der Waals surface area contributed by atoms with Gasteiger partial charge in [0.25, 0.3) is 0 Å². The van der Waals surface area contributed by atoms with Crippen molar-refractivity contribution in [3.8, 4) is 0 Å². The van der Waals surface area contributed by atoms with E-state index in [0.29, 0.717) is 6.42 Å². The Bertz CT molecular complexity index is 340. The van der Waals surface area contributed by atoms with E-state index in [1.807, 2.05) is 13.8 Å². The summed E-state index contributed by atoms with van der Waals surface area (Å²) >= 11 is 0. The van der Waals surface area contributed by atoms with E-state index in [1.165, 1.54) is 0 Å². The van der Waals surface area contributed by atoms with Crippen molar-refractivity contribution < 1.29 is 14.7 Å². The van der Waals surface area contributed by atoms with Crippen LogP contribution in [-0.4, -0.2) is 29.2 Å². The van der Waals surface area contributed by atoms with E-state index < -0.39 is 12.0 Å². The molecule has 1 aliphatic carbocycles. The maximum atomic E-state index is 11.8. The van der Waals surface area contributed by atoms with Gasteiger partial charge in [-0.2, -0.15) is 0 Å². The number of hydrogen-bond acceptors (Lipinski definition) is 2. The van der Waals surface area contributed by atoms with Gasteiger partial charge < -0.3 is 15.7 Å². The Balaban J connectivity index is 2.43. The lowest BCUT2D eigenvalue weighted by Gasteiger charge is -2.20. The summed E-state index contributed by atoms with van der Waals surface area (Å²) in [6, 6.07) is -1.02. The molecule has 5 heteroatoms. The molecule has 0 spiro atoms. The Hall–Kier alpha value is -1.26. The zero-order chi connectivity index (χ0) is 14.6. The largest absolute Gasteiger partial charge is 0.480 e. The molecule has 0 aromatic carbocycles. The second-order valence-corrected chi connectivity index (χ2v) is 6.74. The third kappa shape index (κ3) is 5.49. The van der Waals surface area contributed by atoms with Crippen molar-refractivity contribution in [1.82, 2.24) is 10.6 Å². The number of nitrogens with one attached hydrogen (secondary N) is 2. The number of amides is 2. The Kier molecular flexibility index (Phi) is 5.20. The van der Waals surface area contributed by atoms with Gasteiger partial charge in [-0.15, -0.1) is 0 Å². The Morgan fingerprint density at radius 2 is 2.00 bits per heavy atom. The molecule has 1 unspecified atom stereocenters. The normalized spacial score (nSPS) is 23.1. The highest BCUT2D eigenvalue weighted by Gasteiger charge is 2.32. The van der Waals surface area contributed by atoms with E-state index >= 15 is 0 Å². The maximum absolute atomic E-state index is 11.8. The molecule has 2 atom stereocenters. The molecule has 2 amide bonds. The second-order valence-electron chi connectivity index (χ2n) is 6.74. The van der Waals surface area contributed by atoms with E-state index in [2.05, 4.69) is 24.5 Å². The molecule has 0 heterocycles. The number of aliphatic carboxylic acids is 1. The quantitative estimate of drug-likeness (QED) is 0.717. The predicted octanol–water partition coefficient (Wildman–Crippen LogP) is 2.36. The number of carboxylic acids is 1. The smallest absolute Gasteiger partial charge is 0.326 e. The van der Waals surface area contributed by atoms with Gasteiger partial charge in [-0.1, -0.05) is 27.7 Å². The maximum Gasteiger partial charge on any atom is 0.326 e. The van der Waals surface area contributed by atoms with Crippen LogP contribution < -0.4 is 10.6 Å². The molecule has 0 aromatic heterocycles. The van der Waals surface area contributed by atoms with E-state index in [4.69, 9.17) is 5.11 Å². The number of carbonyl (C=O) groups is 2. The van der Waals surface area contributed by atoms with Crippen LogP contribution in [0, 0.1) is 11.3 Å². The molecule has 0 aliphatic heterocycles. The molecule has 1 saturated carbocycles. The second kappa shape index (κ2) is 6.26. The SMILES string of the molecule is CC(C)C[C@H](NC(=O)NC1CCC(C)(C)C1)C(=O)O. The fourth-order valence-corrected chi connectivity index (χ4v) is 2.64. The van der Waals surface area contributed by atoms with Crippen LogP contribution >= 0.6 is 0 Å². The topological polar surface area (TPSA) is 78.4 Å². The lowest BCUT2D eigenvalue weighted by Crippen LogP contribution is -2.49. The third-order valence-electron chi connectivity index (χ3n) is 3.61. The van der Waals surface area contributed by atoms with Gasteiger partial charge in [-0.25, -0.2) is 9.59 Å². The van der Waals surface area contributed by atoms with E-state index in [-0.39, 0.29) is 23.4 Å². The van der Waals surface area contributed by atoms with Gasteiger partial charge in [0.2, 0.25) is 0 Å². The van der Waals surface area contributed by atoms with E-state index in [1.54, 1.807) is 0 Å². The first-order valence-corrected chi connectivity index (χ1v) is 6.99. The summed E-state index contributed by atoms with van der Waals surface area (Å²) in [5.41, 5.74) is 0.266. The molecule has 19 heavy (non-hydrogen) atoms. The highest BCUT2D eigenvalue weighted by Crippen LogP contribution is 2.36. The first-order valence-electron chi connectivity index (χ1n) is 6.99. The van der Waals surface area contributed by atoms with Crippen molar-refractivity contribution in [1.29, 1.82) is 0 Å². The molecule has 110 valence electrons. The minimum Gasteiger partial charge on any atom is -0.480 e. The van der Waals surface area contributed by atoms with Crippen LogP contribution in [0.15, 0.2) is 0 Å². The molecule has 0 bridgehead atoms. The lowest BCUT2D eigenvalue weighted by molar-refractivity contribution is -0.139. The van der Waals surface area contributed by atoms with Gasteiger partial charge in [0.1, 0.15) is 6.04 Å². The fraction of sp³-hybridized carbons (Fsp3) is 0.857. The molecule has 1 fully saturated rings. The minimum atomic E-state index is -0.976. The minimum absolute atomic E-state index is 0.156. The van der Waals surface area contributed by atoms with Crippen molar-refractivity contribution in [2.24, 2.45) is 11.3 Å². The molecule has 0 saturated heterocycles. The Morgan fingerprint density at radius 1 is 1.37 bits per heavy atom. The zero-order valence-corrected chi connectivity index (χ0v) is 12.3. The van der Waals surface area contributed by atoms with Crippen LogP contribution in [0.1, 0.15) is 53.4 Å². The van der Waals surface area contributed by atoms with Crippen LogP contribution in [0.2, 0.25) is 0 Å². The first kappa shape index (κ1) is 15.8. The van der Waals surface area contributed by atoms with Crippen molar-refractivity contribution in [2.45, 2.75) is 65.5 Å². The predicted molar refractivity (Wildman–Crippen MR) is 74.0 cm³/mol. The van der Waals surface area contributed by atoms with Crippen LogP contribution in [0.3, 0.4) is 0 Å². The number of urea groups is 1. The van der Waals surface area contributed by atoms with Crippen LogP contribution in [0.5, 0.6) is 0 Å². The molecule has 0 aromatic rings. The lowest BCUT2D eigenvalue weighted by atomic mass is 9.92. The van der Waals surface area contributed by atoms with Gasteiger partial charge in [0.15, 0.2) is 0 Å². The summed E-state index contributed by atoms with van der Waals surface area (Å²) < 4.78 is 0. The van der Waals surface area contributed by atoms with Gasteiger partial charge in [0, 0.05) is 6.04 Å². The highest BCUT2D eigenvalue weighted by molar-refractivity contribution is 5.82. The summed E-state index contributed by atoms with van der Waals surface area (Å²) in [5.74, 6) is -0.748. The molecular weight excluding hydrogens is 244 g/mol. The van der Waals surface area contributed by atoms with Gasteiger partial charge in [-0.05, 0) is 37.0 Å². The van der Waals surface area contributed by atoms with Crippen molar-refractivity contribution in [2.75, 3.05) is 0 Å². The van der Waals surface area contributed by atoms with Crippen molar-refractivity contribution in [3.63, 3.8) is 0 Å².